The first-order valence-electron chi connectivity index (χ1n) is 4.40. The number of para-hydroxylation sites is 1. The van der Waals surface area contributed by atoms with E-state index in [9.17, 15) is 14.4 Å². The maximum atomic E-state index is 10.6. The van der Waals surface area contributed by atoms with Gasteiger partial charge in [0.25, 0.3) is 0 Å². The first-order chi connectivity index (χ1) is 7.04. The van der Waals surface area contributed by atoms with E-state index < -0.39 is 13.8 Å². The number of aromatic nitrogens is 1. The molecule has 0 aliphatic carbocycles. The van der Waals surface area contributed by atoms with Crippen molar-refractivity contribution in [1.29, 1.82) is 0 Å². The van der Waals surface area contributed by atoms with Gasteiger partial charge in [-0.3, -0.25) is 4.98 Å². The smallest absolute Gasteiger partial charge is 0.810 e. The molecular formula is C10H8NNa2O3P. The molecule has 0 saturated carbocycles. The quantitative estimate of drug-likeness (QED) is 0.402. The van der Waals surface area contributed by atoms with Gasteiger partial charge in [-0.25, -0.2) is 0 Å². The van der Waals surface area contributed by atoms with Crippen LogP contribution in [0.3, 0.4) is 0 Å². The van der Waals surface area contributed by atoms with Crippen molar-refractivity contribution in [3.05, 3.63) is 42.1 Å². The number of nitrogens with zero attached hydrogens (tertiary/aromatic N) is 1. The first kappa shape index (κ1) is 17.8. The van der Waals surface area contributed by atoms with Crippen molar-refractivity contribution < 1.29 is 73.5 Å². The third-order valence-electron chi connectivity index (χ3n) is 2.01. The van der Waals surface area contributed by atoms with Gasteiger partial charge in [-0.05, 0) is 12.1 Å². The zero-order valence-electron chi connectivity index (χ0n) is 9.79. The number of fused-ring (bicyclic) bond motifs is 1. The van der Waals surface area contributed by atoms with Gasteiger partial charge < -0.3 is 14.4 Å². The average Bonchev–Trinajstić information content (AvgIpc) is 2.15. The zero-order chi connectivity index (χ0) is 10.9. The minimum Gasteiger partial charge on any atom is -0.810 e. The molecule has 7 heteroatoms. The summed E-state index contributed by atoms with van der Waals surface area (Å²) in [5, 5.41) is 0.924. The minimum absolute atomic E-state index is 0. The Morgan fingerprint density at radius 1 is 1.06 bits per heavy atom. The predicted octanol–water partition coefficient (Wildman–Crippen LogP) is -5.34. The van der Waals surface area contributed by atoms with E-state index in [4.69, 9.17) is 0 Å². The van der Waals surface area contributed by atoms with E-state index in [-0.39, 0.29) is 59.1 Å². The Morgan fingerprint density at radius 2 is 1.71 bits per heavy atom. The third-order valence-corrected chi connectivity index (χ3v) is 2.72. The topological polar surface area (TPSA) is 76.1 Å². The number of benzene rings is 1. The van der Waals surface area contributed by atoms with Crippen LogP contribution >= 0.6 is 7.60 Å². The monoisotopic (exact) mass is 267 g/mol. The van der Waals surface area contributed by atoms with Crippen molar-refractivity contribution in [3.8, 4) is 0 Å². The Hall–Kier alpha value is 0.780. The van der Waals surface area contributed by atoms with Gasteiger partial charge in [0.05, 0.1) is 5.52 Å². The van der Waals surface area contributed by atoms with Crippen LogP contribution in [0.5, 0.6) is 0 Å². The van der Waals surface area contributed by atoms with Gasteiger partial charge in [-0.2, -0.15) is 0 Å². The molecule has 0 radical (unpaired) electrons. The summed E-state index contributed by atoms with van der Waals surface area (Å²) in [6, 6.07) is 10.7. The van der Waals surface area contributed by atoms with E-state index in [0.717, 1.165) is 5.39 Å². The van der Waals surface area contributed by atoms with Gasteiger partial charge in [0.2, 0.25) is 0 Å². The second-order valence-electron chi connectivity index (χ2n) is 3.26. The molecule has 1 aromatic heterocycles. The van der Waals surface area contributed by atoms with Crippen molar-refractivity contribution in [2.75, 3.05) is 0 Å². The molecule has 0 fully saturated rings. The largest absolute Gasteiger partial charge is 1.00 e. The van der Waals surface area contributed by atoms with Crippen molar-refractivity contribution >= 4 is 18.5 Å². The molecule has 17 heavy (non-hydrogen) atoms. The van der Waals surface area contributed by atoms with Crippen molar-refractivity contribution in [3.63, 3.8) is 0 Å². The molecule has 0 aliphatic rings. The predicted molar refractivity (Wildman–Crippen MR) is 53.1 cm³/mol. The zero-order valence-corrected chi connectivity index (χ0v) is 14.7. The standard InChI is InChI=1S/C10H10NO3P.2Na/c12-15(13,14)7-9-6-5-8-3-1-2-4-10(8)11-9;;/h1-6H,7H2,(H2,12,13,14);;/q;2*+1/p-2. The number of hydrogen-bond donors (Lipinski definition) is 0. The van der Waals surface area contributed by atoms with E-state index in [1.54, 1.807) is 18.2 Å². The van der Waals surface area contributed by atoms with Crippen LogP contribution in [0.25, 0.3) is 10.9 Å². The summed E-state index contributed by atoms with van der Waals surface area (Å²) in [4.78, 5) is 25.2. The van der Waals surface area contributed by atoms with E-state index >= 15 is 0 Å². The Bertz CT molecular complexity index is 544. The summed E-state index contributed by atoms with van der Waals surface area (Å²) in [5.41, 5.74) is 0.991. The van der Waals surface area contributed by atoms with Crippen molar-refractivity contribution in [2.24, 2.45) is 0 Å². The maximum absolute atomic E-state index is 10.6. The fraction of sp³-hybridized carbons (Fsp3) is 0.100. The van der Waals surface area contributed by atoms with Crippen molar-refractivity contribution in [2.45, 2.75) is 6.16 Å². The molecule has 0 bridgehead atoms. The van der Waals surface area contributed by atoms with E-state index in [2.05, 4.69) is 4.98 Å². The molecule has 2 aromatic rings. The van der Waals surface area contributed by atoms with Crippen LogP contribution in [0.15, 0.2) is 36.4 Å². The molecule has 0 atom stereocenters. The number of pyridine rings is 1. The number of hydrogen-bond acceptors (Lipinski definition) is 4. The molecule has 0 spiro atoms. The van der Waals surface area contributed by atoms with Crippen LogP contribution in [0.2, 0.25) is 0 Å². The summed E-state index contributed by atoms with van der Waals surface area (Å²) in [5.74, 6) is 0. The van der Waals surface area contributed by atoms with Crippen LogP contribution in [0.4, 0.5) is 0 Å². The number of rotatable bonds is 2. The van der Waals surface area contributed by atoms with Gasteiger partial charge in [-0.1, -0.05) is 31.9 Å². The summed E-state index contributed by atoms with van der Waals surface area (Å²) in [6.45, 7) is 0. The second kappa shape index (κ2) is 7.39. The van der Waals surface area contributed by atoms with Crippen LogP contribution < -0.4 is 68.9 Å². The van der Waals surface area contributed by atoms with E-state index in [1.807, 2.05) is 18.2 Å². The molecule has 0 saturated heterocycles. The average molecular weight is 267 g/mol. The molecule has 78 valence electrons. The molecule has 1 aromatic carbocycles. The van der Waals surface area contributed by atoms with Crippen LogP contribution in [-0.2, 0) is 10.7 Å². The molecule has 1 heterocycles. The van der Waals surface area contributed by atoms with E-state index in [0.29, 0.717) is 11.2 Å². The minimum atomic E-state index is -4.53. The van der Waals surface area contributed by atoms with Gasteiger partial charge >= 0.3 is 59.1 Å². The summed E-state index contributed by atoms with van der Waals surface area (Å²) >= 11 is 0. The second-order valence-corrected chi connectivity index (χ2v) is 4.80. The SMILES string of the molecule is O=P([O-])([O-])Cc1ccc2ccccc2n1.[Na+].[Na+]. The fourth-order valence-electron chi connectivity index (χ4n) is 1.39. The maximum Gasteiger partial charge on any atom is 1.00 e. The van der Waals surface area contributed by atoms with Crippen LogP contribution in [0, 0.1) is 0 Å². The van der Waals surface area contributed by atoms with Crippen molar-refractivity contribution in [1.82, 2.24) is 4.98 Å². The Balaban J connectivity index is 0.00000128. The summed E-state index contributed by atoms with van der Waals surface area (Å²) < 4.78 is 10.6. The van der Waals surface area contributed by atoms with Gasteiger partial charge in [0.15, 0.2) is 0 Å². The normalized spacial score (nSPS) is 10.5. The fourth-order valence-corrected chi connectivity index (χ4v) is 1.97. The summed E-state index contributed by atoms with van der Waals surface area (Å²) in [7, 11) is -4.53. The van der Waals surface area contributed by atoms with Crippen LogP contribution in [-0.4, -0.2) is 4.98 Å². The molecule has 2 rings (SSSR count). The molecule has 0 amide bonds. The van der Waals surface area contributed by atoms with Gasteiger partial charge in [-0.15, -0.1) is 0 Å². The summed E-state index contributed by atoms with van der Waals surface area (Å²) in [6.07, 6.45) is -0.530. The van der Waals surface area contributed by atoms with Gasteiger partial charge in [0, 0.05) is 17.2 Å². The Morgan fingerprint density at radius 3 is 2.35 bits per heavy atom. The Kier molecular flexibility index (Phi) is 7.73. The molecule has 0 aliphatic heterocycles. The van der Waals surface area contributed by atoms with E-state index in [1.165, 1.54) is 0 Å². The first-order valence-corrected chi connectivity index (χ1v) is 6.13. The molecule has 0 unspecified atom stereocenters. The molecule has 0 N–H and O–H groups in total. The van der Waals surface area contributed by atoms with Gasteiger partial charge in [0.1, 0.15) is 0 Å². The third kappa shape index (κ3) is 5.52. The van der Waals surface area contributed by atoms with Crippen LogP contribution in [0.1, 0.15) is 5.69 Å². The molecular weight excluding hydrogens is 259 g/mol. The molecule has 4 nitrogen and oxygen atoms in total. The Labute approximate surface area is 144 Å².